The van der Waals surface area contributed by atoms with E-state index in [1.54, 1.807) is 0 Å². The lowest BCUT2D eigenvalue weighted by Gasteiger charge is -2.34. The van der Waals surface area contributed by atoms with Crippen molar-refractivity contribution < 1.29 is 15.0 Å². The highest BCUT2D eigenvalue weighted by molar-refractivity contribution is 7.80. The predicted molar refractivity (Wildman–Crippen MR) is 70.6 cm³/mol. The van der Waals surface area contributed by atoms with Gasteiger partial charge in [-0.1, -0.05) is 26.1 Å². The summed E-state index contributed by atoms with van der Waals surface area (Å²) in [5.41, 5.74) is 4.82. The monoisotopic (exact) mass is 262 g/mol. The van der Waals surface area contributed by atoms with Crippen molar-refractivity contribution in [1.29, 1.82) is 0 Å². The largest absolute Gasteiger partial charge is 0.395 e. The quantitative estimate of drug-likeness (QED) is 0.531. The maximum Gasteiger partial charge on any atom is 0.235 e. The number of amides is 1. The summed E-state index contributed by atoms with van der Waals surface area (Å²) >= 11 is 5.00. The van der Waals surface area contributed by atoms with Gasteiger partial charge in [0.25, 0.3) is 0 Å². The first kappa shape index (κ1) is 16.3. The molecule has 0 atom stereocenters. The van der Waals surface area contributed by atoms with Gasteiger partial charge in [-0.3, -0.25) is 4.79 Å². The molecule has 0 aromatic rings. The molecule has 0 spiro atoms. The SMILES string of the molecule is CCC(CC)(C(=O)N(CCO)CCO)C(N)=S. The number of aliphatic hydroxyl groups excluding tert-OH is 2. The first-order chi connectivity index (χ1) is 7.99. The number of nitrogens with zero attached hydrogens (tertiary/aromatic N) is 1. The topological polar surface area (TPSA) is 86.8 Å². The second-order valence-corrected chi connectivity index (χ2v) is 4.33. The molecule has 0 aromatic heterocycles. The van der Waals surface area contributed by atoms with Crippen LogP contribution in [-0.2, 0) is 4.79 Å². The Kier molecular flexibility index (Phi) is 7.26. The molecule has 0 aliphatic heterocycles. The number of hydrogen-bond acceptors (Lipinski definition) is 4. The smallest absolute Gasteiger partial charge is 0.235 e. The number of carbonyl (C=O) groups is 1. The van der Waals surface area contributed by atoms with E-state index in [1.165, 1.54) is 4.90 Å². The third-order valence-corrected chi connectivity index (χ3v) is 3.51. The fourth-order valence-corrected chi connectivity index (χ4v) is 2.24. The maximum atomic E-state index is 12.4. The van der Waals surface area contributed by atoms with E-state index in [2.05, 4.69) is 0 Å². The molecule has 0 aliphatic carbocycles. The minimum atomic E-state index is -0.861. The van der Waals surface area contributed by atoms with Crippen LogP contribution >= 0.6 is 12.2 Å². The average molecular weight is 262 g/mol. The first-order valence-electron chi connectivity index (χ1n) is 5.81. The van der Waals surface area contributed by atoms with E-state index < -0.39 is 5.41 Å². The van der Waals surface area contributed by atoms with Crippen LogP contribution in [0.2, 0.25) is 0 Å². The Morgan fingerprint density at radius 1 is 1.24 bits per heavy atom. The van der Waals surface area contributed by atoms with Gasteiger partial charge in [-0.25, -0.2) is 0 Å². The van der Waals surface area contributed by atoms with E-state index in [1.807, 2.05) is 13.8 Å². The van der Waals surface area contributed by atoms with Gasteiger partial charge in [0.1, 0.15) is 0 Å². The summed E-state index contributed by atoms with van der Waals surface area (Å²) in [6.07, 6.45) is 1.04. The molecule has 1 amide bonds. The third kappa shape index (κ3) is 3.62. The minimum Gasteiger partial charge on any atom is -0.395 e. The van der Waals surface area contributed by atoms with E-state index >= 15 is 0 Å². The molecule has 0 saturated carbocycles. The van der Waals surface area contributed by atoms with E-state index in [9.17, 15) is 4.79 Å². The molecule has 4 N–H and O–H groups in total. The Bertz CT molecular complexity index is 261. The summed E-state index contributed by atoms with van der Waals surface area (Å²) in [4.78, 5) is 14.0. The van der Waals surface area contributed by atoms with E-state index in [-0.39, 0.29) is 37.2 Å². The Labute approximate surface area is 108 Å². The highest BCUT2D eigenvalue weighted by Crippen LogP contribution is 2.29. The first-order valence-corrected chi connectivity index (χ1v) is 6.22. The third-order valence-electron chi connectivity index (χ3n) is 3.12. The lowest BCUT2D eigenvalue weighted by atomic mass is 9.80. The molecule has 17 heavy (non-hydrogen) atoms. The predicted octanol–water partition coefficient (Wildman–Crippen LogP) is -0.108. The van der Waals surface area contributed by atoms with Crippen LogP contribution in [0, 0.1) is 5.41 Å². The standard InChI is InChI=1S/C11H22N2O3S/c1-3-11(4-2,9(12)17)10(16)13(5-7-14)6-8-15/h14-15H,3-8H2,1-2H3,(H2,12,17). The normalized spacial score (nSPS) is 11.3. The van der Waals surface area contributed by atoms with Crippen molar-refractivity contribution in [1.82, 2.24) is 4.90 Å². The highest BCUT2D eigenvalue weighted by atomic mass is 32.1. The van der Waals surface area contributed by atoms with Crippen LogP contribution in [-0.4, -0.2) is 52.3 Å². The Hall–Kier alpha value is -0.720. The van der Waals surface area contributed by atoms with Gasteiger partial charge in [-0.2, -0.15) is 0 Å². The molecule has 0 heterocycles. The summed E-state index contributed by atoms with van der Waals surface area (Å²) in [5.74, 6) is -0.210. The van der Waals surface area contributed by atoms with E-state index in [4.69, 9.17) is 28.2 Å². The van der Waals surface area contributed by atoms with Gasteiger partial charge in [0.05, 0.1) is 23.6 Å². The molecular weight excluding hydrogens is 240 g/mol. The molecule has 0 fully saturated rings. The summed E-state index contributed by atoms with van der Waals surface area (Å²) in [6, 6.07) is 0. The second-order valence-electron chi connectivity index (χ2n) is 3.89. The Morgan fingerprint density at radius 2 is 1.65 bits per heavy atom. The molecule has 0 aliphatic rings. The maximum absolute atomic E-state index is 12.4. The van der Waals surface area contributed by atoms with E-state index in [0.717, 1.165) is 0 Å². The zero-order valence-corrected chi connectivity index (χ0v) is 11.3. The molecule has 0 rings (SSSR count). The summed E-state index contributed by atoms with van der Waals surface area (Å²) in [7, 11) is 0. The molecular formula is C11H22N2O3S. The molecule has 0 unspecified atom stereocenters. The zero-order chi connectivity index (χ0) is 13.5. The summed E-state index contributed by atoms with van der Waals surface area (Å²) < 4.78 is 0. The molecule has 0 saturated heterocycles. The van der Waals surface area contributed by atoms with Crippen molar-refractivity contribution >= 4 is 23.1 Å². The van der Waals surface area contributed by atoms with E-state index in [0.29, 0.717) is 12.8 Å². The van der Waals surface area contributed by atoms with Crippen LogP contribution in [0.1, 0.15) is 26.7 Å². The van der Waals surface area contributed by atoms with Crippen LogP contribution in [0.15, 0.2) is 0 Å². The summed E-state index contributed by atoms with van der Waals surface area (Å²) in [5, 5.41) is 17.8. The van der Waals surface area contributed by atoms with Gasteiger partial charge in [0.15, 0.2) is 0 Å². The number of carbonyl (C=O) groups excluding carboxylic acids is 1. The number of thiocarbonyl (C=S) groups is 1. The van der Waals surface area contributed by atoms with Crippen molar-refractivity contribution in [2.24, 2.45) is 11.1 Å². The average Bonchev–Trinajstić information content (AvgIpc) is 2.30. The van der Waals surface area contributed by atoms with Crippen molar-refractivity contribution in [2.45, 2.75) is 26.7 Å². The van der Waals surface area contributed by atoms with Crippen LogP contribution in [0.25, 0.3) is 0 Å². The van der Waals surface area contributed by atoms with Gasteiger partial charge in [-0.05, 0) is 12.8 Å². The molecule has 5 nitrogen and oxygen atoms in total. The second kappa shape index (κ2) is 7.58. The van der Waals surface area contributed by atoms with Crippen LogP contribution < -0.4 is 5.73 Å². The number of nitrogens with two attached hydrogens (primary N) is 1. The van der Waals surface area contributed by atoms with Crippen molar-refractivity contribution in [3.8, 4) is 0 Å². The molecule has 6 heteroatoms. The summed E-state index contributed by atoms with van der Waals surface area (Å²) in [6.45, 7) is 3.79. The molecule has 0 radical (unpaired) electrons. The molecule has 100 valence electrons. The fraction of sp³-hybridized carbons (Fsp3) is 0.818. The van der Waals surface area contributed by atoms with Crippen molar-refractivity contribution in [2.75, 3.05) is 26.3 Å². The van der Waals surface area contributed by atoms with Gasteiger partial charge >= 0.3 is 0 Å². The van der Waals surface area contributed by atoms with Gasteiger partial charge in [0.2, 0.25) is 5.91 Å². The zero-order valence-electron chi connectivity index (χ0n) is 10.5. The minimum absolute atomic E-state index is 0.146. The van der Waals surface area contributed by atoms with Crippen molar-refractivity contribution in [3.05, 3.63) is 0 Å². The van der Waals surface area contributed by atoms with Gasteiger partial charge in [0, 0.05) is 13.1 Å². The van der Waals surface area contributed by atoms with Crippen LogP contribution in [0.5, 0.6) is 0 Å². The lowest BCUT2D eigenvalue weighted by molar-refractivity contribution is -0.139. The number of aliphatic hydroxyl groups is 2. The van der Waals surface area contributed by atoms with Gasteiger partial charge < -0.3 is 20.8 Å². The lowest BCUT2D eigenvalue weighted by Crippen LogP contribution is -2.51. The number of rotatable bonds is 8. The van der Waals surface area contributed by atoms with Crippen LogP contribution in [0.3, 0.4) is 0 Å². The Balaban J connectivity index is 5.09. The van der Waals surface area contributed by atoms with Crippen molar-refractivity contribution in [3.63, 3.8) is 0 Å². The van der Waals surface area contributed by atoms with Crippen LogP contribution in [0.4, 0.5) is 0 Å². The van der Waals surface area contributed by atoms with Gasteiger partial charge in [-0.15, -0.1) is 0 Å². The molecule has 0 aromatic carbocycles. The molecule has 0 bridgehead atoms. The Morgan fingerprint density at radius 3 is 1.88 bits per heavy atom. The fourth-order valence-electron chi connectivity index (χ4n) is 1.87. The number of hydrogen-bond donors (Lipinski definition) is 3. The highest BCUT2D eigenvalue weighted by Gasteiger charge is 2.40.